The van der Waals surface area contributed by atoms with E-state index in [0.717, 1.165) is 19.0 Å². The van der Waals surface area contributed by atoms with E-state index in [1.165, 1.54) is 49.9 Å². The van der Waals surface area contributed by atoms with E-state index in [4.69, 9.17) is 0 Å². The molecule has 1 saturated carbocycles. The quantitative estimate of drug-likeness (QED) is 0.879. The molecule has 4 heteroatoms. The van der Waals surface area contributed by atoms with Gasteiger partial charge in [-0.3, -0.25) is 4.90 Å². The molecular weight excluding hydrogens is 315 g/mol. The van der Waals surface area contributed by atoms with Crippen LogP contribution >= 0.6 is 24.8 Å². The molecule has 0 spiro atoms. The van der Waals surface area contributed by atoms with Gasteiger partial charge in [-0.15, -0.1) is 24.8 Å². The molecule has 22 heavy (non-hydrogen) atoms. The largest absolute Gasteiger partial charge is 0.314 e. The van der Waals surface area contributed by atoms with Gasteiger partial charge >= 0.3 is 0 Å². The topological polar surface area (TPSA) is 15.3 Å². The fraction of sp³-hybridized carbons (Fsp3) is 0.667. The fourth-order valence-electron chi connectivity index (χ4n) is 4.06. The molecule has 1 N–H and O–H groups in total. The van der Waals surface area contributed by atoms with Crippen LogP contribution in [0.1, 0.15) is 48.4 Å². The number of rotatable bonds is 3. The average Bonchev–Trinajstić information content (AvgIpc) is 2.98. The molecule has 2 nitrogen and oxygen atoms in total. The van der Waals surface area contributed by atoms with Crippen LogP contribution in [0.5, 0.6) is 0 Å². The summed E-state index contributed by atoms with van der Waals surface area (Å²) in [5.74, 6) is 0.869. The first-order valence-corrected chi connectivity index (χ1v) is 8.27. The third kappa shape index (κ3) is 4.38. The second kappa shape index (κ2) is 9.12. The first kappa shape index (κ1) is 19.8. The number of hydrogen-bond acceptors (Lipinski definition) is 2. The monoisotopic (exact) mass is 344 g/mol. The molecule has 0 aromatic heterocycles. The number of hydrogen-bond donors (Lipinski definition) is 1. The number of aryl methyl sites for hydroxylation is 2. The lowest BCUT2D eigenvalue weighted by molar-refractivity contribution is 0.125. The highest BCUT2D eigenvalue weighted by Crippen LogP contribution is 2.40. The molecule has 2 aliphatic rings. The number of piperazine rings is 1. The van der Waals surface area contributed by atoms with E-state index in [1.54, 1.807) is 5.56 Å². The maximum Gasteiger partial charge on any atom is 0.0380 e. The van der Waals surface area contributed by atoms with Gasteiger partial charge in [0.2, 0.25) is 0 Å². The number of halogens is 2. The van der Waals surface area contributed by atoms with Crippen molar-refractivity contribution in [3.05, 3.63) is 34.9 Å². The first-order chi connectivity index (χ1) is 9.75. The van der Waals surface area contributed by atoms with Gasteiger partial charge in [0, 0.05) is 32.2 Å². The molecule has 1 aromatic carbocycles. The molecule has 126 valence electrons. The van der Waals surface area contributed by atoms with Gasteiger partial charge in [-0.25, -0.2) is 0 Å². The lowest BCUT2D eigenvalue weighted by Gasteiger charge is -2.39. The van der Waals surface area contributed by atoms with Crippen molar-refractivity contribution in [2.75, 3.05) is 26.2 Å². The molecule has 3 rings (SSSR count). The van der Waals surface area contributed by atoms with E-state index in [0.29, 0.717) is 6.04 Å². The molecule has 1 atom stereocenters. The molecule has 1 aliphatic carbocycles. The fourth-order valence-corrected chi connectivity index (χ4v) is 4.06. The van der Waals surface area contributed by atoms with E-state index < -0.39 is 0 Å². The van der Waals surface area contributed by atoms with Crippen molar-refractivity contribution in [1.29, 1.82) is 0 Å². The summed E-state index contributed by atoms with van der Waals surface area (Å²) in [5.41, 5.74) is 4.48. The Bertz CT molecular complexity index is 452. The summed E-state index contributed by atoms with van der Waals surface area (Å²) in [5, 5.41) is 3.50. The van der Waals surface area contributed by atoms with Crippen molar-refractivity contribution in [3.63, 3.8) is 0 Å². The minimum atomic E-state index is 0. The van der Waals surface area contributed by atoms with Gasteiger partial charge in [-0.2, -0.15) is 0 Å². The Balaban J connectivity index is 0.00000121. The van der Waals surface area contributed by atoms with Crippen LogP contribution in [0.25, 0.3) is 0 Å². The van der Waals surface area contributed by atoms with E-state index in [-0.39, 0.29) is 24.8 Å². The molecule has 1 aromatic rings. The average molecular weight is 345 g/mol. The highest BCUT2D eigenvalue weighted by atomic mass is 35.5. The lowest BCUT2D eigenvalue weighted by atomic mass is 9.86. The number of nitrogens with zero attached hydrogens (tertiary/aromatic N) is 1. The summed E-state index contributed by atoms with van der Waals surface area (Å²) < 4.78 is 0. The summed E-state index contributed by atoms with van der Waals surface area (Å²) in [6, 6.07) is 7.66. The summed E-state index contributed by atoms with van der Waals surface area (Å²) >= 11 is 0. The summed E-state index contributed by atoms with van der Waals surface area (Å²) in [6.07, 6.45) is 5.69. The predicted octanol–water partition coefficient (Wildman–Crippen LogP) is 4.28. The minimum absolute atomic E-state index is 0. The van der Waals surface area contributed by atoms with Crippen LogP contribution in [-0.4, -0.2) is 31.1 Å². The van der Waals surface area contributed by atoms with Gasteiger partial charge in [0.25, 0.3) is 0 Å². The Morgan fingerprint density at radius 1 is 1.05 bits per heavy atom. The third-order valence-corrected chi connectivity index (χ3v) is 5.14. The van der Waals surface area contributed by atoms with Crippen LogP contribution in [0.3, 0.4) is 0 Å². The zero-order chi connectivity index (χ0) is 13.9. The molecule has 0 radical (unpaired) electrons. The van der Waals surface area contributed by atoms with Crippen molar-refractivity contribution in [2.45, 2.75) is 45.6 Å². The van der Waals surface area contributed by atoms with Crippen LogP contribution in [-0.2, 0) is 0 Å². The van der Waals surface area contributed by atoms with Crippen LogP contribution in [0.15, 0.2) is 18.2 Å². The molecular formula is C18H30Cl2N2. The Hall–Kier alpha value is -0.280. The van der Waals surface area contributed by atoms with Crippen molar-refractivity contribution in [3.8, 4) is 0 Å². The van der Waals surface area contributed by atoms with E-state index in [1.807, 2.05) is 0 Å². The number of benzene rings is 1. The first-order valence-electron chi connectivity index (χ1n) is 8.27. The van der Waals surface area contributed by atoms with Gasteiger partial charge in [-0.1, -0.05) is 36.6 Å². The zero-order valence-corrected chi connectivity index (χ0v) is 15.4. The summed E-state index contributed by atoms with van der Waals surface area (Å²) in [7, 11) is 0. The van der Waals surface area contributed by atoms with Crippen molar-refractivity contribution >= 4 is 24.8 Å². The zero-order valence-electron chi connectivity index (χ0n) is 13.8. The summed E-state index contributed by atoms with van der Waals surface area (Å²) in [6.45, 7) is 9.22. The Morgan fingerprint density at radius 2 is 1.68 bits per heavy atom. The molecule has 0 bridgehead atoms. The van der Waals surface area contributed by atoms with E-state index >= 15 is 0 Å². The highest BCUT2D eigenvalue weighted by molar-refractivity contribution is 5.85. The minimum Gasteiger partial charge on any atom is -0.314 e. The molecule has 1 aliphatic heterocycles. The van der Waals surface area contributed by atoms with Gasteiger partial charge < -0.3 is 5.32 Å². The standard InChI is InChI=1S/C18H28N2.2ClH/c1-14-7-8-15(2)17(13-14)18(16-5-3-4-6-16)20-11-9-19-10-12-20;;/h7-8,13,16,18-19H,3-6,9-12H2,1-2H3;2*1H/t18-;;/m1../s1. The molecule has 0 amide bonds. The van der Waals surface area contributed by atoms with E-state index in [2.05, 4.69) is 42.3 Å². The Kier molecular flexibility index (Phi) is 8.20. The maximum atomic E-state index is 3.50. The van der Waals surface area contributed by atoms with Crippen LogP contribution < -0.4 is 5.32 Å². The second-order valence-electron chi connectivity index (χ2n) is 6.64. The molecule has 1 heterocycles. The smallest absolute Gasteiger partial charge is 0.0380 e. The third-order valence-electron chi connectivity index (χ3n) is 5.14. The SMILES string of the molecule is Cc1ccc(C)c([C@@H](C2CCCC2)N2CCNCC2)c1.Cl.Cl. The highest BCUT2D eigenvalue weighted by Gasteiger charge is 2.32. The number of nitrogens with one attached hydrogen (secondary N) is 1. The summed E-state index contributed by atoms with van der Waals surface area (Å²) in [4.78, 5) is 2.74. The predicted molar refractivity (Wildman–Crippen MR) is 99.6 cm³/mol. The Labute approximate surface area is 147 Å². The van der Waals surface area contributed by atoms with Gasteiger partial charge in [0.15, 0.2) is 0 Å². The Morgan fingerprint density at radius 3 is 2.32 bits per heavy atom. The molecule has 0 unspecified atom stereocenters. The van der Waals surface area contributed by atoms with Crippen LogP contribution in [0, 0.1) is 19.8 Å². The van der Waals surface area contributed by atoms with Crippen molar-refractivity contribution < 1.29 is 0 Å². The normalized spacial score (nSPS) is 21.0. The van der Waals surface area contributed by atoms with Gasteiger partial charge in [-0.05, 0) is 43.7 Å². The van der Waals surface area contributed by atoms with Gasteiger partial charge in [0.05, 0.1) is 0 Å². The second-order valence-corrected chi connectivity index (χ2v) is 6.64. The van der Waals surface area contributed by atoms with Crippen LogP contribution in [0.4, 0.5) is 0 Å². The van der Waals surface area contributed by atoms with Gasteiger partial charge in [0.1, 0.15) is 0 Å². The van der Waals surface area contributed by atoms with Crippen molar-refractivity contribution in [1.82, 2.24) is 10.2 Å². The van der Waals surface area contributed by atoms with E-state index in [9.17, 15) is 0 Å². The maximum absolute atomic E-state index is 3.50. The lowest BCUT2D eigenvalue weighted by Crippen LogP contribution is -2.46. The van der Waals surface area contributed by atoms with Crippen molar-refractivity contribution in [2.24, 2.45) is 5.92 Å². The van der Waals surface area contributed by atoms with Crippen LogP contribution in [0.2, 0.25) is 0 Å². The molecule has 2 fully saturated rings. The molecule has 1 saturated heterocycles.